The SMILES string of the molecule is CCCCO[C@H]1C[C@H]2C[C@@H]1CC2=O. The van der Waals surface area contributed by atoms with Crippen LogP contribution in [0.5, 0.6) is 0 Å². The third-order valence-electron chi connectivity index (χ3n) is 3.38. The Morgan fingerprint density at radius 2 is 2.31 bits per heavy atom. The summed E-state index contributed by atoms with van der Waals surface area (Å²) in [4.78, 5) is 11.3. The van der Waals surface area contributed by atoms with Crippen LogP contribution in [0.2, 0.25) is 0 Å². The number of ketones is 1. The number of ether oxygens (including phenoxy) is 1. The number of rotatable bonds is 4. The number of fused-ring (bicyclic) bond motifs is 2. The van der Waals surface area contributed by atoms with Gasteiger partial charge in [0.15, 0.2) is 0 Å². The molecule has 0 N–H and O–H groups in total. The van der Waals surface area contributed by atoms with Crippen LogP contribution in [0.1, 0.15) is 39.0 Å². The number of carbonyl (C=O) groups is 1. The molecule has 0 radical (unpaired) electrons. The van der Waals surface area contributed by atoms with Crippen LogP contribution >= 0.6 is 0 Å². The van der Waals surface area contributed by atoms with Crippen molar-refractivity contribution in [3.63, 3.8) is 0 Å². The van der Waals surface area contributed by atoms with Crippen LogP contribution in [-0.4, -0.2) is 18.5 Å². The summed E-state index contributed by atoms with van der Waals surface area (Å²) in [7, 11) is 0. The molecule has 13 heavy (non-hydrogen) atoms. The molecule has 0 spiro atoms. The fourth-order valence-corrected chi connectivity index (χ4v) is 2.57. The van der Waals surface area contributed by atoms with Gasteiger partial charge >= 0.3 is 0 Å². The summed E-state index contributed by atoms with van der Waals surface area (Å²) in [5, 5.41) is 0. The zero-order chi connectivity index (χ0) is 9.26. The van der Waals surface area contributed by atoms with Crippen LogP contribution in [0.4, 0.5) is 0 Å². The number of hydrogen-bond donors (Lipinski definition) is 0. The van der Waals surface area contributed by atoms with E-state index in [1.165, 1.54) is 6.42 Å². The Hall–Kier alpha value is -0.370. The van der Waals surface area contributed by atoms with Crippen molar-refractivity contribution in [2.75, 3.05) is 6.61 Å². The van der Waals surface area contributed by atoms with Crippen LogP contribution in [0, 0.1) is 11.8 Å². The van der Waals surface area contributed by atoms with Crippen LogP contribution in [0.15, 0.2) is 0 Å². The van der Waals surface area contributed by atoms with E-state index in [4.69, 9.17) is 4.74 Å². The smallest absolute Gasteiger partial charge is 0.136 e. The van der Waals surface area contributed by atoms with Crippen molar-refractivity contribution in [3.05, 3.63) is 0 Å². The highest BCUT2D eigenvalue weighted by atomic mass is 16.5. The maximum absolute atomic E-state index is 11.3. The van der Waals surface area contributed by atoms with E-state index >= 15 is 0 Å². The van der Waals surface area contributed by atoms with Crippen LogP contribution in [0.3, 0.4) is 0 Å². The third kappa shape index (κ3) is 1.78. The maximum atomic E-state index is 11.3. The Labute approximate surface area is 79.7 Å². The molecule has 2 bridgehead atoms. The van der Waals surface area contributed by atoms with E-state index in [0.29, 0.717) is 23.7 Å². The number of unbranched alkanes of at least 4 members (excludes halogenated alkanes) is 1. The molecule has 74 valence electrons. The molecule has 0 saturated heterocycles. The van der Waals surface area contributed by atoms with Crippen molar-refractivity contribution >= 4 is 5.78 Å². The van der Waals surface area contributed by atoms with Gasteiger partial charge in [-0.05, 0) is 25.2 Å². The van der Waals surface area contributed by atoms with Gasteiger partial charge in [-0.3, -0.25) is 4.79 Å². The summed E-state index contributed by atoms with van der Waals surface area (Å²) < 4.78 is 5.77. The number of Topliss-reactive ketones (excluding diaryl/α,β-unsaturated/α-hetero) is 1. The van der Waals surface area contributed by atoms with E-state index in [2.05, 4.69) is 6.92 Å². The highest BCUT2D eigenvalue weighted by Gasteiger charge is 2.45. The first-order chi connectivity index (χ1) is 6.31. The summed E-state index contributed by atoms with van der Waals surface area (Å²) in [5.74, 6) is 1.41. The number of carbonyl (C=O) groups excluding carboxylic acids is 1. The molecule has 2 fully saturated rings. The fraction of sp³-hybridized carbons (Fsp3) is 0.909. The van der Waals surface area contributed by atoms with Crippen LogP contribution in [-0.2, 0) is 9.53 Å². The van der Waals surface area contributed by atoms with Gasteiger partial charge in [0.1, 0.15) is 5.78 Å². The van der Waals surface area contributed by atoms with Crippen molar-refractivity contribution in [1.82, 2.24) is 0 Å². The van der Waals surface area contributed by atoms with E-state index in [-0.39, 0.29) is 0 Å². The summed E-state index contributed by atoms with van der Waals surface area (Å²) in [6.45, 7) is 3.06. The molecular weight excluding hydrogens is 164 g/mol. The second-order valence-electron chi connectivity index (χ2n) is 4.36. The monoisotopic (exact) mass is 182 g/mol. The minimum Gasteiger partial charge on any atom is -0.378 e. The third-order valence-corrected chi connectivity index (χ3v) is 3.38. The first-order valence-electron chi connectivity index (χ1n) is 5.45. The van der Waals surface area contributed by atoms with Crippen LogP contribution < -0.4 is 0 Å². The minimum absolute atomic E-state index is 0.358. The molecule has 2 rings (SSSR count). The first-order valence-corrected chi connectivity index (χ1v) is 5.45. The second kappa shape index (κ2) is 3.79. The largest absolute Gasteiger partial charge is 0.378 e. The van der Waals surface area contributed by atoms with E-state index in [1.54, 1.807) is 0 Å². The molecule has 3 atom stereocenters. The molecule has 0 amide bonds. The molecule has 2 heteroatoms. The molecule has 0 heterocycles. The van der Waals surface area contributed by atoms with Gasteiger partial charge in [-0.2, -0.15) is 0 Å². The highest BCUT2D eigenvalue weighted by Crippen LogP contribution is 2.43. The summed E-state index contributed by atoms with van der Waals surface area (Å²) in [5.41, 5.74) is 0. The van der Waals surface area contributed by atoms with E-state index in [9.17, 15) is 4.79 Å². The van der Waals surface area contributed by atoms with Gasteiger partial charge in [-0.25, -0.2) is 0 Å². The Morgan fingerprint density at radius 1 is 1.46 bits per heavy atom. The molecule has 2 aliphatic rings. The standard InChI is InChI=1S/C11H18O2/c1-2-3-4-13-11-7-8-5-9(11)6-10(8)12/h8-9,11H,2-7H2,1H3/t8-,9-,11+/m1/s1. The predicted molar refractivity (Wildman–Crippen MR) is 50.5 cm³/mol. The van der Waals surface area contributed by atoms with Crippen molar-refractivity contribution in [2.24, 2.45) is 11.8 Å². The summed E-state index contributed by atoms with van der Waals surface area (Å²) >= 11 is 0. The average molecular weight is 182 g/mol. The van der Waals surface area contributed by atoms with E-state index in [1.807, 2.05) is 0 Å². The lowest BCUT2D eigenvalue weighted by Gasteiger charge is -2.21. The molecule has 2 aliphatic carbocycles. The molecule has 2 nitrogen and oxygen atoms in total. The minimum atomic E-state index is 0.358. The molecule has 0 aromatic rings. The number of hydrogen-bond acceptors (Lipinski definition) is 2. The Morgan fingerprint density at radius 3 is 2.85 bits per heavy atom. The zero-order valence-corrected chi connectivity index (χ0v) is 8.29. The molecular formula is C11H18O2. The van der Waals surface area contributed by atoms with Gasteiger partial charge in [0, 0.05) is 18.9 Å². The van der Waals surface area contributed by atoms with Gasteiger partial charge in [-0.1, -0.05) is 13.3 Å². The van der Waals surface area contributed by atoms with Gasteiger partial charge in [0.25, 0.3) is 0 Å². The van der Waals surface area contributed by atoms with Crippen molar-refractivity contribution < 1.29 is 9.53 Å². The first kappa shape index (κ1) is 9.20. The fourth-order valence-electron chi connectivity index (χ4n) is 2.57. The predicted octanol–water partition coefficient (Wildman–Crippen LogP) is 2.17. The van der Waals surface area contributed by atoms with E-state index < -0.39 is 0 Å². The van der Waals surface area contributed by atoms with Gasteiger partial charge in [-0.15, -0.1) is 0 Å². The summed E-state index contributed by atoms with van der Waals surface area (Å²) in [6, 6.07) is 0. The quantitative estimate of drug-likeness (QED) is 0.623. The van der Waals surface area contributed by atoms with Crippen molar-refractivity contribution in [1.29, 1.82) is 0 Å². The second-order valence-corrected chi connectivity index (χ2v) is 4.36. The summed E-state index contributed by atoms with van der Waals surface area (Å²) in [6.07, 6.45) is 5.67. The molecule has 0 aromatic carbocycles. The molecule has 0 aliphatic heterocycles. The molecule has 0 unspecified atom stereocenters. The normalized spacial score (nSPS) is 37.3. The topological polar surface area (TPSA) is 26.3 Å². The van der Waals surface area contributed by atoms with Gasteiger partial charge in [0.05, 0.1) is 6.10 Å². The Kier molecular flexibility index (Phi) is 2.68. The van der Waals surface area contributed by atoms with Crippen molar-refractivity contribution in [2.45, 2.75) is 45.1 Å². The average Bonchev–Trinajstić information content (AvgIpc) is 2.63. The van der Waals surface area contributed by atoms with Gasteiger partial charge in [0.2, 0.25) is 0 Å². The molecule has 2 saturated carbocycles. The highest BCUT2D eigenvalue weighted by molar-refractivity contribution is 5.84. The lowest BCUT2D eigenvalue weighted by atomic mass is 9.96. The maximum Gasteiger partial charge on any atom is 0.136 e. The van der Waals surface area contributed by atoms with E-state index in [0.717, 1.165) is 32.3 Å². The Balaban J connectivity index is 1.76. The van der Waals surface area contributed by atoms with Crippen LogP contribution in [0.25, 0.3) is 0 Å². The Bertz CT molecular complexity index is 200. The lowest BCUT2D eigenvalue weighted by molar-refractivity contribution is -0.124. The van der Waals surface area contributed by atoms with Gasteiger partial charge < -0.3 is 4.74 Å². The van der Waals surface area contributed by atoms with Crippen molar-refractivity contribution in [3.8, 4) is 0 Å². The lowest BCUT2D eigenvalue weighted by Crippen LogP contribution is -2.25. The zero-order valence-electron chi connectivity index (χ0n) is 8.29. The molecule has 0 aromatic heterocycles.